The molecule has 0 unspecified atom stereocenters. The Hall–Kier alpha value is -2.38. The SMILES string of the molecule is Cn1c(=O)c2c(ncn2CCCNC2=[NH+]CCC2)n(C)c1=O. The van der Waals surface area contributed by atoms with Gasteiger partial charge in [-0.25, -0.2) is 9.78 Å². The van der Waals surface area contributed by atoms with E-state index >= 15 is 0 Å². The zero-order valence-corrected chi connectivity index (χ0v) is 12.9. The van der Waals surface area contributed by atoms with Crippen molar-refractivity contribution in [1.82, 2.24) is 24.0 Å². The first kappa shape index (κ1) is 14.6. The number of rotatable bonds is 4. The van der Waals surface area contributed by atoms with Crippen LogP contribution >= 0.6 is 0 Å². The van der Waals surface area contributed by atoms with Gasteiger partial charge in [-0.1, -0.05) is 0 Å². The minimum absolute atomic E-state index is 0.296. The minimum atomic E-state index is -0.354. The Labute approximate surface area is 127 Å². The van der Waals surface area contributed by atoms with Crippen molar-refractivity contribution in [2.45, 2.75) is 25.8 Å². The summed E-state index contributed by atoms with van der Waals surface area (Å²) in [6.07, 6.45) is 4.77. The molecule has 8 nitrogen and oxygen atoms in total. The number of amidine groups is 1. The second kappa shape index (κ2) is 5.78. The number of hydrogen-bond acceptors (Lipinski definition) is 4. The highest BCUT2D eigenvalue weighted by Crippen LogP contribution is 2.05. The second-order valence-electron chi connectivity index (χ2n) is 5.61. The zero-order valence-electron chi connectivity index (χ0n) is 12.9. The van der Waals surface area contributed by atoms with Gasteiger partial charge in [-0.3, -0.25) is 24.2 Å². The summed E-state index contributed by atoms with van der Waals surface area (Å²) in [5.41, 5.74) is 0.271. The molecule has 0 aromatic carbocycles. The Bertz CT molecular complexity index is 841. The van der Waals surface area contributed by atoms with E-state index in [9.17, 15) is 9.59 Å². The highest BCUT2D eigenvalue weighted by Gasteiger charge is 2.15. The quantitative estimate of drug-likeness (QED) is 0.621. The molecule has 2 aromatic heterocycles. The zero-order chi connectivity index (χ0) is 15.7. The summed E-state index contributed by atoms with van der Waals surface area (Å²) in [6.45, 7) is 2.57. The maximum atomic E-state index is 12.3. The second-order valence-corrected chi connectivity index (χ2v) is 5.61. The van der Waals surface area contributed by atoms with Crippen LogP contribution < -0.4 is 21.6 Å². The highest BCUT2D eigenvalue weighted by molar-refractivity contribution is 5.77. The summed E-state index contributed by atoms with van der Waals surface area (Å²) < 4.78 is 4.35. The molecule has 2 aromatic rings. The number of aromatic nitrogens is 4. The first-order valence-corrected chi connectivity index (χ1v) is 7.54. The maximum absolute atomic E-state index is 12.3. The molecule has 1 aliphatic heterocycles. The lowest BCUT2D eigenvalue weighted by molar-refractivity contribution is -0.449. The lowest BCUT2D eigenvalue weighted by atomic mass is 10.3. The molecule has 0 fully saturated rings. The Morgan fingerprint density at radius 2 is 2.14 bits per heavy atom. The molecule has 0 bridgehead atoms. The third-order valence-electron chi connectivity index (χ3n) is 4.07. The van der Waals surface area contributed by atoms with Gasteiger partial charge >= 0.3 is 5.69 Å². The Morgan fingerprint density at radius 3 is 2.86 bits per heavy atom. The van der Waals surface area contributed by atoms with Crippen molar-refractivity contribution >= 4 is 17.0 Å². The highest BCUT2D eigenvalue weighted by atomic mass is 16.2. The minimum Gasteiger partial charge on any atom is -0.325 e. The average Bonchev–Trinajstić information content (AvgIpc) is 3.17. The summed E-state index contributed by atoms with van der Waals surface area (Å²) >= 11 is 0. The van der Waals surface area contributed by atoms with Crippen LogP contribution in [0.2, 0.25) is 0 Å². The number of imidazole rings is 1. The number of nitrogens with one attached hydrogen (secondary N) is 2. The molecule has 0 spiro atoms. The fourth-order valence-electron chi connectivity index (χ4n) is 2.80. The van der Waals surface area contributed by atoms with Crippen LogP contribution in [0.25, 0.3) is 11.2 Å². The summed E-state index contributed by atoms with van der Waals surface area (Å²) in [5, 5.41) is 3.37. The van der Waals surface area contributed by atoms with E-state index in [0.29, 0.717) is 17.7 Å². The van der Waals surface area contributed by atoms with Gasteiger partial charge < -0.3 is 4.57 Å². The molecule has 0 saturated heterocycles. The third kappa shape index (κ3) is 2.44. The summed E-state index contributed by atoms with van der Waals surface area (Å²) in [5.74, 6) is 1.20. The predicted octanol–water partition coefficient (Wildman–Crippen LogP) is -2.31. The molecule has 3 heterocycles. The van der Waals surface area contributed by atoms with E-state index in [1.807, 2.05) is 4.57 Å². The standard InChI is InChI=1S/C14H20N6O2/c1-18-12-11(13(21)19(2)14(18)22)20(9-17-12)8-4-7-16-10-5-3-6-15-10/h9H,3-8H2,1-2H3,(H,15,16)/p+1. The molecule has 0 radical (unpaired) electrons. The topological polar surface area (TPSA) is 87.8 Å². The molecule has 22 heavy (non-hydrogen) atoms. The molecular formula is C14H21N6O2+. The normalized spacial score (nSPS) is 14.5. The van der Waals surface area contributed by atoms with E-state index in [0.717, 1.165) is 30.5 Å². The van der Waals surface area contributed by atoms with Crippen molar-refractivity contribution in [2.75, 3.05) is 13.1 Å². The molecule has 0 amide bonds. The Kier molecular flexibility index (Phi) is 3.82. The third-order valence-corrected chi connectivity index (χ3v) is 4.07. The van der Waals surface area contributed by atoms with E-state index in [4.69, 9.17) is 0 Å². The molecule has 0 atom stereocenters. The van der Waals surface area contributed by atoms with Crippen LogP contribution in [-0.4, -0.2) is 37.6 Å². The van der Waals surface area contributed by atoms with Crippen LogP contribution in [0, 0.1) is 0 Å². The predicted molar refractivity (Wildman–Crippen MR) is 82.9 cm³/mol. The van der Waals surface area contributed by atoms with Crippen LogP contribution in [0.4, 0.5) is 0 Å². The van der Waals surface area contributed by atoms with E-state index in [1.54, 1.807) is 13.4 Å². The molecule has 118 valence electrons. The van der Waals surface area contributed by atoms with Crippen LogP contribution in [0.3, 0.4) is 0 Å². The summed E-state index contributed by atoms with van der Waals surface area (Å²) in [4.78, 5) is 31.7. The van der Waals surface area contributed by atoms with Gasteiger partial charge in [0.15, 0.2) is 11.2 Å². The van der Waals surface area contributed by atoms with Gasteiger partial charge in [-0.15, -0.1) is 0 Å². The van der Waals surface area contributed by atoms with Gasteiger partial charge in [0, 0.05) is 27.1 Å². The lowest BCUT2D eigenvalue weighted by Crippen LogP contribution is -2.72. The fraction of sp³-hybridized carbons (Fsp3) is 0.571. The van der Waals surface area contributed by atoms with E-state index < -0.39 is 0 Å². The molecule has 1 aliphatic rings. The van der Waals surface area contributed by atoms with Crippen molar-refractivity contribution in [3.63, 3.8) is 0 Å². The van der Waals surface area contributed by atoms with Crippen LogP contribution in [0.15, 0.2) is 15.9 Å². The fourth-order valence-corrected chi connectivity index (χ4v) is 2.80. The van der Waals surface area contributed by atoms with E-state index in [-0.39, 0.29) is 11.2 Å². The molecule has 2 N–H and O–H groups in total. The number of aryl methyl sites for hydroxylation is 2. The van der Waals surface area contributed by atoms with Crippen molar-refractivity contribution in [3.05, 3.63) is 27.2 Å². The Morgan fingerprint density at radius 1 is 1.32 bits per heavy atom. The molecule has 3 rings (SSSR count). The Balaban J connectivity index is 1.77. The van der Waals surface area contributed by atoms with Crippen LogP contribution in [0.1, 0.15) is 19.3 Å². The maximum Gasteiger partial charge on any atom is 0.332 e. The van der Waals surface area contributed by atoms with Gasteiger partial charge in [0.05, 0.1) is 25.8 Å². The number of hydrogen-bond donors (Lipinski definition) is 2. The van der Waals surface area contributed by atoms with Gasteiger partial charge in [0.1, 0.15) is 0 Å². The summed E-state index contributed by atoms with van der Waals surface area (Å²) in [7, 11) is 3.12. The lowest BCUT2D eigenvalue weighted by Gasteiger charge is -2.06. The number of nitrogens with zero attached hydrogens (tertiary/aromatic N) is 4. The van der Waals surface area contributed by atoms with E-state index in [1.165, 1.54) is 23.9 Å². The van der Waals surface area contributed by atoms with Gasteiger partial charge in [-0.05, 0) is 6.42 Å². The van der Waals surface area contributed by atoms with Gasteiger partial charge in [0.2, 0.25) is 5.84 Å². The van der Waals surface area contributed by atoms with Crippen LogP contribution in [-0.2, 0) is 20.6 Å². The smallest absolute Gasteiger partial charge is 0.325 e. The summed E-state index contributed by atoms with van der Waals surface area (Å²) in [6, 6.07) is 0. The van der Waals surface area contributed by atoms with Crippen LogP contribution in [0.5, 0.6) is 0 Å². The molecule has 0 aliphatic carbocycles. The van der Waals surface area contributed by atoms with Crippen molar-refractivity contribution < 1.29 is 4.99 Å². The first-order valence-electron chi connectivity index (χ1n) is 7.54. The monoisotopic (exact) mass is 305 g/mol. The van der Waals surface area contributed by atoms with Gasteiger partial charge in [0.25, 0.3) is 5.56 Å². The largest absolute Gasteiger partial charge is 0.332 e. The molecule has 0 saturated carbocycles. The van der Waals surface area contributed by atoms with E-state index in [2.05, 4.69) is 15.3 Å². The average molecular weight is 305 g/mol. The van der Waals surface area contributed by atoms with Crippen molar-refractivity contribution in [1.29, 1.82) is 0 Å². The van der Waals surface area contributed by atoms with Gasteiger partial charge in [-0.2, -0.15) is 0 Å². The first-order chi connectivity index (χ1) is 10.6. The molecular weight excluding hydrogens is 284 g/mol. The number of fused-ring (bicyclic) bond motifs is 1. The molecule has 8 heteroatoms. The van der Waals surface area contributed by atoms with Crippen molar-refractivity contribution in [2.24, 2.45) is 14.1 Å². The van der Waals surface area contributed by atoms with Crippen molar-refractivity contribution in [3.8, 4) is 0 Å².